The van der Waals surface area contributed by atoms with E-state index in [-0.39, 0.29) is 0 Å². The maximum Gasteiger partial charge on any atom is 0.120 e. The molecule has 1 N–H and O–H groups in total. The van der Waals surface area contributed by atoms with Crippen molar-refractivity contribution in [2.24, 2.45) is 5.92 Å². The molecule has 3 heteroatoms. The summed E-state index contributed by atoms with van der Waals surface area (Å²) in [4.78, 5) is 2.40. The number of nitrogens with zero attached hydrogens (tertiary/aromatic N) is 1. The number of likely N-dealkylation sites (tertiary alicyclic amines) is 1. The van der Waals surface area contributed by atoms with E-state index in [2.05, 4.69) is 30.3 Å². The highest BCUT2D eigenvalue weighted by Gasteiger charge is 2.20. The van der Waals surface area contributed by atoms with Gasteiger partial charge in [0.05, 0.1) is 6.04 Å². The van der Waals surface area contributed by atoms with Gasteiger partial charge in [-0.05, 0) is 58.5 Å². The lowest BCUT2D eigenvalue weighted by Crippen LogP contribution is -2.27. The molecule has 0 bridgehead atoms. The largest absolute Gasteiger partial charge is 0.465 e. The molecule has 90 valence electrons. The molecule has 1 fully saturated rings. The van der Waals surface area contributed by atoms with Gasteiger partial charge in [-0.3, -0.25) is 0 Å². The van der Waals surface area contributed by atoms with Crippen molar-refractivity contribution < 1.29 is 4.42 Å². The summed E-state index contributed by atoms with van der Waals surface area (Å²) in [5, 5.41) is 3.55. The lowest BCUT2D eigenvalue weighted by Gasteiger charge is -2.15. The topological polar surface area (TPSA) is 28.4 Å². The zero-order chi connectivity index (χ0) is 11.5. The number of hydrogen-bond acceptors (Lipinski definition) is 3. The molecule has 2 atom stereocenters. The fraction of sp³-hybridized carbons (Fsp3) is 0.692. The first kappa shape index (κ1) is 11.7. The zero-order valence-corrected chi connectivity index (χ0v) is 10.5. The van der Waals surface area contributed by atoms with Gasteiger partial charge in [-0.2, -0.15) is 0 Å². The van der Waals surface area contributed by atoms with E-state index >= 15 is 0 Å². The van der Waals surface area contributed by atoms with Crippen LogP contribution in [-0.4, -0.2) is 31.6 Å². The minimum atomic E-state index is 0.319. The summed E-state index contributed by atoms with van der Waals surface area (Å²) in [7, 11) is 2.19. The first-order valence-electron chi connectivity index (χ1n) is 6.13. The fourth-order valence-electron chi connectivity index (χ4n) is 2.32. The molecule has 16 heavy (non-hydrogen) atoms. The molecule has 1 aliphatic heterocycles. The molecule has 1 aromatic rings. The van der Waals surface area contributed by atoms with Crippen molar-refractivity contribution in [3.8, 4) is 0 Å². The minimum absolute atomic E-state index is 0.319. The van der Waals surface area contributed by atoms with Crippen molar-refractivity contribution in [2.45, 2.75) is 26.3 Å². The average Bonchev–Trinajstić information content (AvgIpc) is 2.84. The molecule has 0 spiro atoms. The van der Waals surface area contributed by atoms with Crippen molar-refractivity contribution in [1.82, 2.24) is 10.2 Å². The number of hydrogen-bond donors (Lipinski definition) is 1. The summed E-state index contributed by atoms with van der Waals surface area (Å²) in [6.07, 6.45) is 1.31. The van der Waals surface area contributed by atoms with Gasteiger partial charge >= 0.3 is 0 Å². The Morgan fingerprint density at radius 3 is 2.94 bits per heavy atom. The first-order chi connectivity index (χ1) is 7.65. The minimum Gasteiger partial charge on any atom is -0.465 e. The Morgan fingerprint density at radius 1 is 1.56 bits per heavy atom. The van der Waals surface area contributed by atoms with E-state index in [9.17, 15) is 0 Å². The standard InChI is InChI=1S/C13H22N2O/c1-10-4-5-13(16-10)11(2)14-8-12-6-7-15(3)9-12/h4-5,11-12,14H,6-9H2,1-3H3. The molecular weight excluding hydrogens is 200 g/mol. The molecule has 1 aliphatic rings. The number of furan rings is 1. The third-order valence-electron chi connectivity index (χ3n) is 3.39. The van der Waals surface area contributed by atoms with Gasteiger partial charge in [0.2, 0.25) is 0 Å². The lowest BCUT2D eigenvalue weighted by atomic mass is 10.1. The van der Waals surface area contributed by atoms with E-state index in [4.69, 9.17) is 4.42 Å². The second-order valence-electron chi connectivity index (χ2n) is 5.00. The van der Waals surface area contributed by atoms with Crippen LogP contribution < -0.4 is 5.32 Å². The summed E-state index contributed by atoms with van der Waals surface area (Å²) in [6, 6.07) is 4.41. The van der Waals surface area contributed by atoms with Crippen LogP contribution in [0.2, 0.25) is 0 Å². The molecule has 2 rings (SSSR count). The summed E-state index contributed by atoms with van der Waals surface area (Å²) in [5.41, 5.74) is 0. The Bertz CT molecular complexity index is 334. The quantitative estimate of drug-likeness (QED) is 0.846. The smallest absolute Gasteiger partial charge is 0.120 e. The fourth-order valence-corrected chi connectivity index (χ4v) is 2.32. The van der Waals surface area contributed by atoms with Gasteiger partial charge in [0.25, 0.3) is 0 Å². The normalized spacial score (nSPS) is 23.8. The van der Waals surface area contributed by atoms with Crippen molar-refractivity contribution in [2.75, 3.05) is 26.7 Å². The highest BCUT2D eigenvalue weighted by molar-refractivity contribution is 5.08. The van der Waals surface area contributed by atoms with Gasteiger partial charge in [0.15, 0.2) is 0 Å². The van der Waals surface area contributed by atoms with Gasteiger partial charge in [0.1, 0.15) is 11.5 Å². The van der Waals surface area contributed by atoms with E-state index in [1.165, 1.54) is 19.5 Å². The van der Waals surface area contributed by atoms with E-state index in [1.807, 2.05) is 13.0 Å². The van der Waals surface area contributed by atoms with Crippen LogP contribution in [0.15, 0.2) is 16.5 Å². The van der Waals surface area contributed by atoms with Crippen molar-refractivity contribution in [3.05, 3.63) is 23.7 Å². The second-order valence-corrected chi connectivity index (χ2v) is 5.00. The van der Waals surface area contributed by atoms with Crippen molar-refractivity contribution >= 4 is 0 Å². The summed E-state index contributed by atoms with van der Waals surface area (Å²) < 4.78 is 5.61. The molecule has 0 amide bonds. The Kier molecular flexibility index (Phi) is 3.66. The number of nitrogens with one attached hydrogen (secondary N) is 1. The molecule has 1 aromatic heterocycles. The van der Waals surface area contributed by atoms with Crippen LogP contribution in [-0.2, 0) is 0 Å². The first-order valence-corrected chi connectivity index (χ1v) is 6.13. The van der Waals surface area contributed by atoms with Crippen LogP contribution in [0.3, 0.4) is 0 Å². The highest BCUT2D eigenvalue weighted by atomic mass is 16.3. The molecule has 0 saturated carbocycles. The third kappa shape index (κ3) is 2.86. The van der Waals surface area contributed by atoms with Gasteiger partial charge in [-0.15, -0.1) is 0 Å². The van der Waals surface area contributed by atoms with E-state index < -0.39 is 0 Å². The van der Waals surface area contributed by atoms with Crippen LogP contribution in [0.5, 0.6) is 0 Å². The van der Waals surface area contributed by atoms with Crippen LogP contribution in [0, 0.1) is 12.8 Å². The molecule has 1 saturated heterocycles. The van der Waals surface area contributed by atoms with Crippen LogP contribution in [0.4, 0.5) is 0 Å². The van der Waals surface area contributed by atoms with Gasteiger partial charge in [-0.1, -0.05) is 0 Å². The van der Waals surface area contributed by atoms with E-state index in [0.29, 0.717) is 6.04 Å². The average molecular weight is 222 g/mol. The summed E-state index contributed by atoms with van der Waals surface area (Å²) >= 11 is 0. The zero-order valence-electron chi connectivity index (χ0n) is 10.5. The number of aryl methyl sites for hydroxylation is 1. The maximum atomic E-state index is 5.61. The third-order valence-corrected chi connectivity index (χ3v) is 3.39. The molecule has 2 heterocycles. The Morgan fingerprint density at radius 2 is 2.38 bits per heavy atom. The monoisotopic (exact) mass is 222 g/mol. The predicted molar refractivity (Wildman–Crippen MR) is 65.5 cm³/mol. The van der Waals surface area contributed by atoms with Crippen LogP contribution in [0.25, 0.3) is 0 Å². The second kappa shape index (κ2) is 5.02. The van der Waals surface area contributed by atoms with Crippen molar-refractivity contribution in [3.63, 3.8) is 0 Å². The van der Waals surface area contributed by atoms with Gasteiger partial charge < -0.3 is 14.6 Å². The lowest BCUT2D eigenvalue weighted by molar-refractivity contribution is 0.366. The Hall–Kier alpha value is -0.800. The molecule has 2 unspecified atom stereocenters. The predicted octanol–water partition coefficient (Wildman–Crippen LogP) is 2.19. The molecule has 0 radical (unpaired) electrons. The van der Waals surface area contributed by atoms with Gasteiger partial charge in [0, 0.05) is 6.54 Å². The summed E-state index contributed by atoms with van der Waals surface area (Å²) in [6.45, 7) is 7.70. The van der Waals surface area contributed by atoms with E-state index in [1.54, 1.807) is 0 Å². The SMILES string of the molecule is Cc1ccc(C(C)NCC2CCN(C)C2)o1. The van der Waals surface area contributed by atoms with Crippen molar-refractivity contribution in [1.29, 1.82) is 0 Å². The van der Waals surface area contributed by atoms with Crippen LogP contribution in [0.1, 0.15) is 30.9 Å². The Labute approximate surface area is 97.8 Å². The molecular formula is C13H22N2O. The maximum absolute atomic E-state index is 5.61. The molecule has 3 nitrogen and oxygen atoms in total. The molecule has 0 aliphatic carbocycles. The Balaban J connectivity index is 1.77. The van der Waals surface area contributed by atoms with Gasteiger partial charge in [-0.25, -0.2) is 0 Å². The molecule has 0 aromatic carbocycles. The highest BCUT2D eigenvalue weighted by Crippen LogP contribution is 2.18. The van der Waals surface area contributed by atoms with Crippen LogP contribution >= 0.6 is 0 Å². The summed E-state index contributed by atoms with van der Waals surface area (Å²) in [5.74, 6) is 2.83. The number of rotatable bonds is 4. The van der Waals surface area contributed by atoms with E-state index in [0.717, 1.165) is 24.0 Å².